The van der Waals surface area contributed by atoms with Crippen LogP contribution in [0.1, 0.15) is 19.4 Å². The third kappa shape index (κ3) is 2.55. The Morgan fingerprint density at radius 2 is 1.82 bits per heavy atom. The number of ether oxygens (including phenoxy) is 2. The topological polar surface area (TPSA) is 38.7 Å². The Morgan fingerprint density at radius 3 is 2.24 bits per heavy atom. The van der Waals surface area contributed by atoms with Crippen LogP contribution < -0.4 is 9.47 Å². The van der Waals surface area contributed by atoms with E-state index >= 15 is 0 Å². The van der Waals surface area contributed by atoms with Gasteiger partial charge in [-0.25, -0.2) is 4.39 Å². The van der Waals surface area contributed by atoms with Crippen LogP contribution in [0.4, 0.5) is 4.39 Å². The van der Waals surface area contributed by atoms with Crippen molar-refractivity contribution in [3.05, 3.63) is 21.9 Å². The number of methoxy groups -OCH3 is 2. The number of aliphatic hydroxyl groups excluding tert-OH is 1. The smallest absolute Gasteiger partial charge is 0.197 e. The van der Waals surface area contributed by atoms with Crippen LogP contribution in [-0.4, -0.2) is 25.9 Å². The number of aliphatic hydroxyl groups is 1. The molecule has 0 aromatic heterocycles. The largest absolute Gasteiger partial charge is 0.492 e. The van der Waals surface area contributed by atoms with Crippen LogP contribution in [0.15, 0.2) is 10.5 Å². The summed E-state index contributed by atoms with van der Waals surface area (Å²) in [5, 5.41) is 9.41. The molecule has 0 radical (unpaired) electrons. The van der Waals surface area contributed by atoms with Crippen molar-refractivity contribution in [2.45, 2.75) is 19.3 Å². The van der Waals surface area contributed by atoms with Gasteiger partial charge in [0.25, 0.3) is 0 Å². The summed E-state index contributed by atoms with van der Waals surface area (Å²) < 4.78 is 24.4. The summed E-state index contributed by atoms with van der Waals surface area (Å²) in [5.41, 5.74) is 0.117. The van der Waals surface area contributed by atoms with Crippen LogP contribution in [0, 0.1) is 5.82 Å². The van der Waals surface area contributed by atoms with Crippen molar-refractivity contribution in [2.75, 3.05) is 20.8 Å². The van der Waals surface area contributed by atoms with E-state index in [4.69, 9.17) is 9.47 Å². The zero-order valence-electron chi connectivity index (χ0n) is 10.3. The van der Waals surface area contributed by atoms with Gasteiger partial charge in [0.2, 0.25) is 0 Å². The van der Waals surface area contributed by atoms with E-state index in [0.29, 0.717) is 15.8 Å². The van der Waals surface area contributed by atoms with E-state index in [1.165, 1.54) is 20.3 Å². The SMILES string of the molecule is COc1c(F)cc(Br)c(C(C)(C)CO)c1OC. The highest BCUT2D eigenvalue weighted by Gasteiger charge is 2.30. The average Bonchev–Trinajstić information content (AvgIpc) is 2.27. The number of hydrogen-bond donors (Lipinski definition) is 1. The predicted octanol–water partition coefficient (Wildman–Crippen LogP) is 2.88. The molecule has 1 aromatic carbocycles. The van der Waals surface area contributed by atoms with Crippen LogP contribution in [0.3, 0.4) is 0 Å². The lowest BCUT2D eigenvalue weighted by Gasteiger charge is -2.27. The van der Waals surface area contributed by atoms with E-state index in [0.717, 1.165) is 0 Å². The first-order valence-corrected chi connectivity index (χ1v) is 5.89. The summed E-state index contributed by atoms with van der Waals surface area (Å²) in [5.74, 6) is -0.153. The third-order valence-corrected chi connectivity index (χ3v) is 3.25. The van der Waals surface area contributed by atoms with Gasteiger partial charge in [0.05, 0.1) is 20.8 Å². The van der Waals surface area contributed by atoms with Crippen LogP contribution in [-0.2, 0) is 5.41 Å². The van der Waals surface area contributed by atoms with E-state index < -0.39 is 11.2 Å². The Kier molecular flexibility index (Phi) is 4.38. The van der Waals surface area contributed by atoms with E-state index in [1.54, 1.807) is 0 Å². The van der Waals surface area contributed by atoms with Crippen molar-refractivity contribution in [1.29, 1.82) is 0 Å². The second-order valence-corrected chi connectivity index (χ2v) is 5.18. The standard InChI is InChI=1S/C12H16BrFO3/c1-12(2,6-15)9-7(13)5-8(14)10(16-3)11(9)17-4/h5,15H,6H2,1-4H3. The fourth-order valence-electron chi connectivity index (χ4n) is 1.67. The molecule has 0 heterocycles. The molecule has 0 aliphatic heterocycles. The number of benzene rings is 1. The molecule has 0 atom stereocenters. The van der Waals surface area contributed by atoms with Gasteiger partial charge in [-0.05, 0) is 6.07 Å². The number of hydrogen-bond acceptors (Lipinski definition) is 3. The molecule has 0 spiro atoms. The highest BCUT2D eigenvalue weighted by Crippen LogP contribution is 2.44. The minimum atomic E-state index is -0.564. The van der Waals surface area contributed by atoms with Crippen molar-refractivity contribution in [2.24, 2.45) is 0 Å². The van der Waals surface area contributed by atoms with E-state index in [2.05, 4.69) is 15.9 Å². The molecule has 3 nitrogen and oxygen atoms in total. The van der Waals surface area contributed by atoms with Gasteiger partial charge in [-0.1, -0.05) is 29.8 Å². The maximum absolute atomic E-state index is 13.7. The van der Waals surface area contributed by atoms with E-state index in [1.807, 2.05) is 13.8 Å². The Morgan fingerprint density at radius 1 is 1.29 bits per heavy atom. The molecule has 0 fully saturated rings. The molecule has 1 rings (SSSR count). The molecule has 0 unspecified atom stereocenters. The van der Waals surface area contributed by atoms with E-state index in [-0.39, 0.29) is 12.4 Å². The minimum absolute atomic E-state index is 0.0484. The number of halogens is 2. The van der Waals surface area contributed by atoms with Gasteiger partial charge in [-0.15, -0.1) is 0 Å². The molecule has 0 bridgehead atoms. The molecule has 0 amide bonds. The van der Waals surface area contributed by atoms with Crippen LogP contribution in [0.25, 0.3) is 0 Å². The lowest BCUT2D eigenvalue weighted by Crippen LogP contribution is -2.24. The quantitative estimate of drug-likeness (QED) is 0.929. The van der Waals surface area contributed by atoms with Crippen LogP contribution >= 0.6 is 15.9 Å². The minimum Gasteiger partial charge on any atom is -0.492 e. The van der Waals surface area contributed by atoms with Crippen molar-refractivity contribution >= 4 is 15.9 Å². The fourth-order valence-corrected chi connectivity index (χ4v) is 2.59. The maximum Gasteiger partial charge on any atom is 0.197 e. The maximum atomic E-state index is 13.7. The van der Waals surface area contributed by atoms with Crippen LogP contribution in [0.5, 0.6) is 11.5 Å². The average molecular weight is 307 g/mol. The highest BCUT2D eigenvalue weighted by molar-refractivity contribution is 9.10. The van der Waals surface area contributed by atoms with Crippen molar-refractivity contribution in [3.8, 4) is 11.5 Å². The molecule has 1 N–H and O–H groups in total. The van der Waals surface area contributed by atoms with Crippen molar-refractivity contribution < 1.29 is 19.0 Å². The second-order valence-electron chi connectivity index (χ2n) is 4.32. The first-order chi connectivity index (χ1) is 7.88. The second kappa shape index (κ2) is 5.23. The highest BCUT2D eigenvalue weighted by atomic mass is 79.9. The lowest BCUT2D eigenvalue weighted by atomic mass is 9.84. The summed E-state index contributed by atoms with van der Waals surface area (Å²) >= 11 is 3.29. The normalized spacial score (nSPS) is 11.5. The zero-order chi connectivity index (χ0) is 13.2. The van der Waals surface area contributed by atoms with Gasteiger partial charge in [0.1, 0.15) is 0 Å². The van der Waals surface area contributed by atoms with Gasteiger partial charge in [-0.3, -0.25) is 0 Å². The molecule has 1 aromatic rings. The van der Waals surface area contributed by atoms with Gasteiger partial charge >= 0.3 is 0 Å². The molecule has 0 saturated carbocycles. The summed E-state index contributed by atoms with van der Waals surface area (Å²) in [6.07, 6.45) is 0. The fraction of sp³-hybridized carbons (Fsp3) is 0.500. The summed E-state index contributed by atoms with van der Waals surface area (Å²) in [4.78, 5) is 0. The zero-order valence-corrected chi connectivity index (χ0v) is 11.9. The summed E-state index contributed by atoms with van der Waals surface area (Å²) in [6, 6.07) is 1.31. The molecule has 17 heavy (non-hydrogen) atoms. The first-order valence-electron chi connectivity index (χ1n) is 5.10. The van der Waals surface area contributed by atoms with Gasteiger partial charge in [-0.2, -0.15) is 0 Å². The van der Waals surface area contributed by atoms with Crippen molar-refractivity contribution in [3.63, 3.8) is 0 Å². The Hall–Kier alpha value is -0.810. The van der Waals surface area contributed by atoms with Gasteiger partial charge in [0.15, 0.2) is 17.3 Å². The third-order valence-electron chi connectivity index (χ3n) is 2.62. The first kappa shape index (κ1) is 14.3. The molecule has 96 valence electrons. The Bertz CT molecular complexity index is 419. The summed E-state index contributed by atoms with van der Waals surface area (Å²) in [6.45, 7) is 3.59. The molecule has 5 heteroatoms. The van der Waals surface area contributed by atoms with Gasteiger partial charge in [0, 0.05) is 15.5 Å². The monoisotopic (exact) mass is 306 g/mol. The molecular formula is C12H16BrFO3. The van der Waals surface area contributed by atoms with Gasteiger partial charge < -0.3 is 14.6 Å². The summed E-state index contributed by atoms with van der Waals surface area (Å²) in [7, 11) is 2.82. The molecular weight excluding hydrogens is 291 g/mol. The molecule has 0 saturated heterocycles. The molecule has 0 aliphatic rings. The van der Waals surface area contributed by atoms with Crippen LogP contribution in [0.2, 0.25) is 0 Å². The molecule has 0 aliphatic carbocycles. The van der Waals surface area contributed by atoms with Crippen molar-refractivity contribution in [1.82, 2.24) is 0 Å². The number of rotatable bonds is 4. The Balaban J connectivity index is 3.59. The van der Waals surface area contributed by atoms with E-state index in [9.17, 15) is 9.50 Å². The predicted molar refractivity (Wildman–Crippen MR) is 67.3 cm³/mol. The Labute approximate surface area is 109 Å². The lowest BCUT2D eigenvalue weighted by molar-refractivity contribution is 0.212.